The lowest BCUT2D eigenvalue weighted by molar-refractivity contribution is -0.127. The van der Waals surface area contributed by atoms with Crippen molar-refractivity contribution < 1.29 is 14.4 Å². The van der Waals surface area contributed by atoms with Crippen molar-refractivity contribution in [2.75, 3.05) is 10.6 Å². The molecule has 0 aliphatic rings. The number of anilines is 2. The van der Waals surface area contributed by atoms with E-state index in [1.54, 1.807) is 18.2 Å². The molecule has 0 aromatic heterocycles. The number of carbonyl (C=O) groups is 3. The smallest absolute Gasteiger partial charge is 0.247 e. The van der Waals surface area contributed by atoms with Crippen LogP contribution >= 0.6 is 11.6 Å². The van der Waals surface area contributed by atoms with Crippen LogP contribution in [0, 0.1) is 11.8 Å². The number of hydrogen-bond donors (Lipinski definition) is 3. The Morgan fingerprint density at radius 2 is 1.72 bits per heavy atom. The van der Waals surface area contributed by atoms with Gasteiger partial charge < -0.3 is 16.0 Å². The van der Waals surface area contributed by atoms with E-state index in [1.807, 2.05) is 27.7 Å². The molecule has 0 radical (unpaired) electrons. The van der Waals surface area contributed by atoms with Crippen molar-refractivity contribution in [1.82, 2.24) is 5.32 Å². The zero-order valence-electron chi connectivity index (χ0n) is 15.3. The molecule has 1 unspecified atom stereocenters. The van der Waals surface area contributed by atoms with Gasteiger partial charge in [0.1, 0.15) is 6.04 Å². The second kappa shape index (κ2) is 9.42. The van der Waals surface area contributed by atoms with Crippen molar-refractivity contribution in [3.63, 3.8) is 0 Å². The molecule has 1 aromatic rings. The van der Waals surface area contributed by atoms with Gasteiger partial charge in [-0.1, -0.05) is 39.3 Å². The van der Waals surface area contributed by atoms with Crippen molar-refractivity contribution >= 4 is 40.7 Å². The first-order valence-corrected chi connectivity index (χ1v) is 8.65. The number of nitrogens with one attached hydrogen (secondary N) is 3. The van der Waals surface area contributed by atoms with Crippen LogP contribution in [0.25, 0.3) is 0 Å². The molecule has 3 N–H and O–H groups in total. The molecule has 0 aliphatic carbocycles. The molecule has 0 saturated carbocycles. The van der Waals surface area contributed by atoms with Crippen molar-refractivity contribution in [3.8, 4) is 0 Å². The minimum absolute atomic E-state index is 0.0711. The summed E-state index contributed by atoms with van der Waals surface area (Å²) in [7, 11) is 0. The van der Waals surface area contributed by atoms with Gasteiger partial charge in [-0.05, 0) is 30.0 Å². The summed E-state index contributed by atoms with van der Waals surface area (Å²) in [5.74, 6) is -0.584. The van der Waals surface area contributed by atoms with Crippen LogP contribution in [0.2, 0.25) is 5.02 Å². The third kappa shape index (κ3) is 7.13. The molecule has 1 aromatic carbocycles. The fraction of sp³-hybridized carbons (Fsp3) is 0.500. The van der Waals surface area contributed by atoms with Crippen LogP contribution in [0.5, 0.6) is 0 Å². The van der Waals surface area contributed by atoms with E-state index >= 15 is 0 Å². The molecule has 138 valence electrons. The van der Waals surface area contributed by atoms with Gasteiger partial charge in [-0.3, -0.25) is 14.4 Å². The highest BCUT2D eigenvalue weighted by molar-refractivity contribution is 6.33. The zero-order chi connectivity index (χ0) is 19.1. The van der Waals surface area contributed by atoms with Gasteiger partial charge >= 0.3 is 0 Å². The Kier molecular flexibility index (Phi) is 7.90. The van der Waals surface area contributed by atoms with Crippen LogP contribution in [0.15, 0.2) is 18.2 Å². The van der Waals surface area contributed by atoms with Crippen LogP contribution in [0.4, 0.5) is 11.4 Å². The molecule has 1 rings (SSSR count). The number of benzene rings is 1. The van der Waals surface area contributed by atoms with Gasteiger partial charge in [-0.15, -0.1) is 0 Å². The topological polar surface area (TPSA) is 87.3 Å². The minimum atomic E-state index is -0.647. The molecular formula is C18H26ClN3O3. The predicted octanol–water partition coefficient (Wildman–Crippen LogP) is 3.42. The molecular weight excluding hydrogens is 342 g/mol. The van der Waals surface area contributed by atoms with Gasteiger partial charge in [0.2, 0.25) is 17.7 Å². The maximum Gasteiger partial charge on any atom is 0.247 e. The SMILES string of the molecule is CC(=O)Nc1cc(NC(=O)C(NC(=O)CC(C)C)C(C)C)ccc1Cl. The Bertz CT molecular complexity index is 644. The van der Waals surface area contributed by atoms with Gasteiger partial charge in [-0.2, -0.15) is 0 Å². The Morgan fingerprint density at radius 3 is 2.24 bits per heavy atom. The molecule has 0 spiro atoms. The predicted molar refractivity (Wildman–Crippen MR) is 101 cm³/mol. The van der Waals surface area contributed by atoms with E-state index < -0.39 is 6.04 Å². The van der Waals surface area contributed by atoms with Gasteiger partial charge in [-0.25, -0.2) is 0 Å². The van der Waals surface area contributed by atoms with Crippen LogP contribution < -0.4 is 16.0 Å². The van der Waals surface area contributed by atoms with E-state index in [1.165, 1.54) is 6.92 Å². The molecule has 0 saturated heterocycles. The number of hydrogen-bond acceptors (Lipinski definition) is 3. The van der Waals surface area contributed by atoms with Crippen LogP contribution in [0.1, 0.15) is 41.0 Å². The zero-order valence-corrected chi connectivity index (χ0v) is 16.0. The van der Waals surface area contributed by atoms with Gasteiger partial charge in [0.15, 0.2) is 0 Å². The van der Waals surface area contributed by atoms with Crippen LogP contribution in [-0.4, -0.2) is 23.8 Å². The fourth-order valence-corrected chi connectivity index (χ4v) is 2.41. The summed E-state index contributed by atoms with van der Waals surface area (Å²) in [6, 6.07) is 4.16. The van der Waals surface area contributed by atoms with E-state index in [4.69, 9.17) is 11.6 Å². The standard InChI is InChI=1S/C18H26ClN3O3/c1-10(2)8-16(24)22-17(11(3)4)18(25)21-13-6-7-14(19)15(9-13)20-12(5)23/h6-7,9-11,17H,8H2,1-5H3,(H,20,23)(H,21,25)(H,22,24). The highest BCUT2D eigenvalue weighted by Crippen LogP contribution is 2.25. The molecule has 3 amide bonds. The normalized spacial score (nSPS) is 12.0. The molecule has 0 fully saturated rings. The minimum Gasteiger partial charge on any atom is -0.344 e. The molecule has 6 nitrogen and oxygen atoms in total. The van der Waals surface area contributed by atoms with Gasteiger partial charge in [0.05, 0.1) is 10.7 Å². The van der Waals surface area contributed by atoms with E-state index in [9.17, 15) is 14.4 Å². The first-order valence-electron chi connectivity index (χ1n) is 8.27. The molecule has 0 aliphatic heterocycles. The van der Waals surface area contributed by atoms with Crippen LogP contribution in [-0.2, 0) is 14.4 Å². The van der Waals surface area contributed by atoms with E-state index in [0.29, 0.717) is 22.8 Å². The van der Waals surface area contributed by atoms with Gasteiger partial charge in [0.25, 0.3) is 0 Å². The Labute approximate surface area is 153 Å². The Balaban J connectivity index is 2.86. The number of amides is 3. The van der Waals surface area contributed by atoms with Crippen molar-refractivity contribution in [3.05, 3.63) is 23.2 Å². The fourth-order valence-electron chi connectivity index (χ4n) is 2.25. The summed E-state index contributed by atoms with van der Waals surface area (Å²) in [4.78, 5) is 35.7. The molecule has 1 atom stereocenters. The van der Waals surface area contributed by atoms with E-state index in [-0.39, 0.29) is 29.6 Å². The lowest BCUT2D eigenvalue weighted by atomic mass is 10.0. The lowest BCUT2D eigenvalue weighted by Crippen LogP contribution is -2.47. The maximum absolute atomic E-state index is 12.5. The summed E-state index contributed by atoms with van der Waals surface area (Å²) in [6.45, 7) is 9.00. The average Bonchev–Trinajstić information content (AvgIpc) is 2.46. The maximum atomic E-state index is 12.5. The van der Waals surface area contributed by atoms with Gasteiger partial charge in [0, 0.05) is 19.0 Å². The summed E-state index contributed by atoms with van der Waals surface area (Å²) in [5, 5.41) is 8.51. The summed E-state index contributed by atoms with van der Waals surface area (Å²) >= 11 is 6.02. The van der Waals surface area contributed by atoms with Crippen molar-refractivity contribution in [1.29, 1.82) is 0 Å². The molecule has 25 heavy (non-hydrogen) atoms. The number of rotatable bonds is 7. The molecule has 7 heteroatoms. The first-order chi connectivity index (χ1) is 11.6. The summed E-state index contributed by atoms with van der Waals surface area (Å²) in [5.41, 5.74) is 0.902. The first kappa shape index (κ1) is 21.0. The summed E-state index contributed by atoms with van der Waals surface area (Å²) < 4.78 is 0. The second-order valence-electron chi connectivity index (χ2n) is 6.75. The Hall–Kier alpha value is -2.08. The second-order valence-corrected chi connectivity index (χ2v) is 7.16. The third-order valence-corrected chi connectivity index (χ3v) is 3.73. The van der Waals surface area contributed by atoms with Crippen molar-refractivity contribution in [2.45, 2.75) is 47.1 Å². The molecule has 0 bridgehead atoms. The average molecular weight is 368 g/mol. The quantitative estimate of drug-likeness (QED) is 0.690. The number of carbonyl (C=O) groups excluding carboxylic acids is 3. The monoisotopic (exact) mass is 367 g/mol. The summed E-state index contributed by atoms with van der Waals surface area (Å²) in [6.07, 6.45) is 0.365. The Morgan fingerprint density at radius 1 is 1.08 bits per heavy atom. The third-order valence-electron chi connectivity index (χ3n) is 3.40. The highest BCUT2D eigenvalue weighted by Gasteiger charge is 2.24. The van der Waals surface area contributed by atoms with Crippen LogP contribution in [0.3, 0.4) is 0 Å². The highest BCUT2D eigenvalue weighted by atomic mass is 35.5. The van der Waals surface area contributed by atoms with E-state index in [2.05, 4.69) is 16.0 Å². The lowest BCUT2D eigenvalue weighted by Gasteiger charge is -2.22. The number of halogens is 1. The molecule has 0 heterocycles. The van der Waals surface area contributed by atoms with Crippen molar-refractivity contribution in [2.24, 2.45) is 11.8 Å². The largest absolute Gasteiger partial charge is 0.344 e. The van der Waals surface area contributed by atoms with E-state index in [0.717, 1.165) is 0 Å².